The van der Waals surface area contributed by atoms with Crippen molar-refractivity contribution in [3.63, 3.8) is 0 Å². The van der Waals surface area contributed by atoms with E-state index in [1.54, 1.807) is 11.3 Å². The van der Waals surface area contributed by atoms with Gasteiger partial charge in [0.25, 0.3) is 0 Å². The zero-order chi connectivity index (χ0) is 12.3. The van der Waals surface area contributed by atoms with Gasteiger partial charge in [-0.25, -0.2) is 0 Å². The second-order valence-electron chi connectivity index (χ2n) is 3.93. The van der Waals surface area contributed by atoms with Crippen molar-refractivity contribution >= 4 is 22.9 Å². The zero-order valence-corrected chi connectivity index (χ0v) is 11.6. The number of hydrogen-bond acceptors (Lipinski definition) is 3. The molecule has 0 aliphatic rings. The van der Waals surface area contributed by atoms with E-state index in [1.807, 2.05) is 24.0 Å². The van der Waals surface area contributed by atoms with E-state index in [9.17, 15) is 0 Å². The summed E-state index contributed by atoms with van der Waals surface area (Å²) < 4.78 is 2.68. The van der Waals surface area contributed by atoms with Gasteiger partial charge in [0, 0.05) is 24.5 Å². The third-order valence-electron chi connectivity index (χ3n) is 2.58. The molecule has 92 valence electrons. The Kier molecular flexibility index (Phi) is 4.20. The molecule has 0 aromatic carbocycles. The normalized spacial score (nSPS) is 12.9. The highest BCUT2D eigenvalue weighted by atomic mass is 35.5. The first-order chi connectivity index (χ1) is 8.19. The van der Waals surface area contributed by atoms with Crippen molar-refractivity contribution in [2.75, 3.05) is 6.54 Å². The lowest BCUT2D eigenvalue weighted by molar-refractivity contribution is 0.531. The fourth-order valence-electron chi connectivity index (χ4n) is 1.81. The molecule has 0 saturated heterocycles. The summed E-state index contributed by atoms with van der Waals surface area (Å²) in [6, 6.07) is 6.35. The summed E-state index contributed by atoms with van der Waals surface area (Å²) in [5.74, 6) is 0. The predicted octanol–water partition coefficient (Wildman–Crippen LogP) is 3.03. The lowest BCUT2D eigenvalue weighted by Crippen LogP contribution is -2.23. The summed E-state index contributed by atoms with van der Waals surface area (Å²) in [6.07, 6.45) is 2.91. The molecule has 0 aliphatic carbocycles. The molecule has 3 nitrogen and oxygen atoms in total. The van der Waals surface area contributed by atoms with E-state index in [0.29, 0.717) is 0 Å². The number of thiophene rings is 1. The molecule has 0 aliphatic heterocycles. The predicted molar refractivity (Wildman–Crippen MR) is 72.7 cm³/mol. The van der Waals surface area contributed by atoms with Gasteiger partial charge in [-0.15, -0.1) is 11.3 Å². The Labute approximate surface area is 110 Å². The monoisotopic (exact) mass is 269 g/mol. The number of rotatable bonds is 5. The van der Waals surface area contributed by atoms with Crippen LogP contribution in [0.4, 0.5) is 0 Å². The average molecular weight is 270 g/mol. The van der Waals surface area contributed by atoms with E-state index >= 15 is 0 Å². The highest BCUT2D eigenvalue weighted by Crippen LogP contribution is 2.26. The van der Waals surface area contributed by atoms with E-state index < -0.39 is 0 Å². The SMILES string of the molecule is CCNC(Cc1ccc(Cl)s1)c1ccn(C)n1. The first kappa shape index (κ1) is 12.6. The summed E-state index contributed by atoms with van der Waals surface area (Å²) >= 11 is 7.58. The van der Waals surface area contributed by atoms with Crippen molar-refractivity contribution in [2.24, 2.45) is 7.05 Å². The second-order valence-corrected chi connectivity index (χ2v) is 5.73. The van der Waals surface area contributed by atoms with Gasteiger partial charge in [0.15, 0.2) is 0 Å². The summed E-state index contributed by atoms with van der Waals surface area (Å²) in [6.45, 7) is 3.04. The van der Waals surface area contributed by atoms with Crippen molar-refractivity contribution in [2.45, 2.75) is 19.4 Å². The maximum absolute atomic E-state index is 5.95. The van der Waals surface area contributed by atoms with E-state index in [2.05, 4.69) is 29.5 Å². The minimum Gasteiger partial charge on any atom is -0.309 e. The molecule has 2 rings (SSSR count). The molecule has 0 amide bonds. The maximum Gasteiger partial charge on any atom is 0.0931 e. The molecule has 0 spiro atoms. The van der Waals surface area contributed by atoms with Gasteiger partial charge in [-0.3, -0.25) is 4.68 Å². The lowest BCUT2D eigenvalue weighted by Gasteiger charge is -2.14. The number of nitrogens with zero attached hydrogens (tertiary/aromatic N) is 2. The maximum atomic E-state index is 5.95. The molecule has 0 saturated carbocycles. The Morgan fingerprint density at radius 2 is 2.29 bits per heavy atom. The fraction of sp³-hybridized carbons (Fsp3) is 0.417. The topological polar surface area (TPSA) is 29.9 Å². The van der Waals surface area contributed by atoms with E-state index in [-0.39, 0.29) is 6.04 Å². The number of likely N-dealkylation sites (N-methyl/N-ethyl adjacent to an activating group) is 1. The van der Waals surface area contributed by atoms with Gasteiger partial charge in [0.05, 0.1) is 16.1 Å². The third kappa shape index (κ3) is 3.31. The van der Waals surface area contributed by atoms with Crippen LogP contribution in [-0.2, 0) is 13.5 Å². The molecule has 17 heavy (non-hydrogen) atoms. The van der Waals surface area contributed by atoms with Gasteiger partial charge < -0.3 is 5.32 Å². The molecule has 1 unspecified atom stereocenters. The van der Waals surface area contributed by atoms with E-state index in [4.69, 9.17) is 11.6 Å². The van der Waals surface area contributed by atoms with Crippen LogP contribution in [0.2, 0.25) is 4.34 Å². The summed E-state index contributed by atoms with van der Waals surface area (Å²) in [4.78, 5) is 1.28. The van der Waals surface area contributed by atoms with E-state index in [0.717, 1.165) is 23.0 Å². The van der Waals surface area contributed by atoms with Gasteiger partial charge in [0.1, 0.15) is 0 Å². The first-order valence-corrected chi connectivity index (χ1v) is 6.85. The minimum absolute atomic E-state index is 0.260. The van der Waals surface area contributed by atoms with Gasteiger partial charge in [-0.1, -0.05) is 18.5 Å². The standard InChI is InChI=1S/C12H16ClN3S/c1-3-14-11(10-6-7-16(2)15-10)8-9-4-5-12(13)17-9/h4-7,11,14H,3,8H2,1-2H3. The summed E-state index contributed by atoms with van der Waals surface area (Å²) in [5.41, 5.74) is 1.08. The Balaban J connectivity index is 2.12. The Morgan fingerprint density at radius 1 is 1.47 bits per heavy atom. The Morgan fingerprint density at radius 3 is 2.82 bits per heavy atom. The molecule has 2 aromatic rings. The first-order valence-electron chi connectivity index (χ1n) is 5.66. The Bertz CT molecular complexity index is 478. The summed E-state index contributed by atoms with van der Waals surface area (Å²) in [5, 5.41) is 7.92. The van der Waals surface area contributed by atoms with Gasteiger partial charge in [0.2, 0.25) is 0 Å². The molecule has 2 aromatic heterocycles. The van der Waals surface area contributed by atoms with Gasteiger partial charge >= 0.3 is 0 Å². The highest BCUT2D eigenvalue weighted by Gasteiger charge is 2.14. The fourth-order valence-corrected chi connectivity index (χ4v) is 2.94. The molecule has 0 radical (unpaired) electrons. The molecule has 2 heterocycles. The van der Waals surface area contributed by atoms with E-state index in [1.165, 1.54) is 4.88 Å². The number of halogens is 1. The van der Waals surface area contributed by atoms with Crippen molar-refractivity contribution in [3.05, 3.63) is 39.3 Å². The molecule has 5 heteroatoms. The number of aryl methyl sites for hydroxylation is 1. The number of aromatic nitrogens is 2. The molecular weight excluding hydrogens is 254 g/mol. The number of hydrogen-bond donors (Lipinski definition) is 1. The van der Waals surface area contributed by atoms with Gasteiger partial charge in [-0.05, 0) is 24.7 Å². The quantitative estimate of drug-likeness (QED) is 0.904. The van der Waals surface area contributed by atoms with Crippen LogP contribution in [0, 0.1) is 0 Å². The van der Waals surface area contributed by atoms with Crippen LogP contribution in [0.1, 0.15) is 23.5 Å². The van der Waals surface area contributed by atoms with Crippen LogP contribution in [-0.4, -0.2) is 16.3 Å². The van der Waals surface area contributed by atoms with Gasteiger partial charge in [-0.2, -0.15) is 5.10 Å². The smallest absolute Gasteiger partial charge is 0.0931 e. The third-order valence-corrected chi connectivity index (χ3v) is 3.83. The van der Waals surface area contributed by atoms with Crippen LogP contribution < -0.4 is 5.32 Å². The molecule has 0 fully saturated rings. The number of nitrogens with one attached hydrogen (secondary N) is 1. The molecule has 0 bridgehead atoms. The van der Waals surface area contributed by atoms with Crippen LogP contribution >= 0.6 is 22.9 Å². The second kappa shape index (κ2) is 5.67. The Hall–Kier alpha value is -0.840. The van der Waals surface area contributed by atoms with Crippen molar-refractivity contribution < 1.29 is 0 Å². The summed E-state index contributed by atoms with van der Waals surface area (Å²) in [7, 11) is 1.94. The molecule has 1 N–H and O–H groups in total. The van der Waals surface area contributed by atoms with Crippen molar-refractivity contribution in [3.8, 4) is 0 Å². The van der Waals surface area contributed by atoms with Crippen molar-refractivity contribution in [1.82, 2.24) is 15.1 Å². The average Bonchev–Trinajstić information content (AvgIpc) is 2.87. The lowest BCUT2D eigenvalue weighted by atomic mass is 10.1. The molecule has 1 atom stereocenters. The molecular formula is C12H16ClN3S. The van der Waals surface area contributed by atoms with Crippen molar-refractivity contribution in [1.29, 1.82) is 0 Å². The van der Waals surface area contributed by atoms with Crippen LogP contribution in [0.5, 0.6) is 0 Å². The minimum atomic E-state index is 0.260. The van der Waals surface area contributed by atoms with Crippen LogP contribution in [0.15, 0.2) is 24.4 Å². The van der Waals surface area contributed by atoms with Crippen LogP contribution in [0.3, 0.4) is 0 Å². The van der Waals surface area contributed by atoms with Crippen LogP contribution in [0.25, 0.3) is 0 Å². The highest BCUT2D eigenvalue weighted by molar-refractivity contribution is 7.16. The largest absolute Gasteiger partial charge is 0.309 e. The zero-order valence-electron chi connectivity index (χ0n) is 9.98.